The Morgan fingerprint density at radius 2 is 1.27 bits per heavy atom. The molecule has 0 aromatic carbocycles. The van der Waals surface area contributed by atoms with E-state index in [2.05, 4.69) is 10.6 Å². The van der Waals surface area contributed by atoms with Gasteiger partial charge in [0.25, 0.3) is 0 Å². The number of hydrogen-bond donors (Lipinski definition) is 2. The molecule has 2 N–H and O–H groups in total. The maximum absolute atomic E-state index is 11.9. The van der Waals surface area contributed by atoms with Crippen LogP contribution in [0.3, 0.4) is 0 Å². The van der Waals surface area contributed by atoms with E-state index in [9.17, 15) is 9.59 Å². The summed E-state index contributed by atoms with van der Waals surface area (Å²) in [6.45, 7) is 16.7. The van der Waals surface area contributed by atoms with Gasteiger partial charge in [-0.3, -0.25) is 9.59 Å². The fraction of sp³-hybridized carbons (Fsp3) is 0.895. The molecule has 0 saturated heterocycles. The topological polar surface area (TPSA) is 85.9 Å². The molecule has 0 unspecified atom stereocenters. The number of rotatable bonds is 11. The Morgan fingerprint density at radius 1 is 0.769 bits per heavy atom. The second-order valence-electron chi connectivity index (χ2n) is 8.95. The van der Waals surface area contributed by atoms with Crippen molar-refractivity contribution in [2.75, 3.05) is 33.0 Å². The molecule has 0 atom stereocenters. The summed E-state index contributed by atoms with van der Waals surface area (Å²) in [5.74, 6) is -0.300. The molecule has 0 aliphatic carbocycles. The van der Waals surface area contributed by atoms with E-state index in [0.717, 1.165) is 0 Å². The number of carbonyl (C=O) groups is 2. The van der Waals surface area contributed by atoms with Gasteiger partial charge in [-0.25, -0.2) is 0 Å². The highest BCUT2D eigenvalue weighted by atomic mass is 16.5. The monoisotopic (exact) mass is 374 g/mol. The van der Waals surface area contributed by atoms with E-state index >= 15 is 0 Å². The smallest absolute Gasteiger partial charge is 0.246 e. The van der Waals surface area contributed by atoms with Crippen LogP contribution in [-0.2, 0) is 23.8 Å². The lowest BCUT2D eigenvalue weighted by Crippen LogP contribution is -2.46. The van der Waals surface area contributed by atoms with Gasteiger partial charge in [-0.2, -0.15) is 0 Å². The second kappa shape index (κ2) is 10.8. The molecule has 0 heterocycles. The molecule has 0 aromatic heterocycles. The summed E-state index contributed by atoms with van der Waals surface area (Å²) in [7, 11) is 0. The number of amides is 2. The van der Waals surface area contributed by atoms with E-state index in [4.69, 9.17) is 14.2 Å². The first kappa shape index (κ1) is 24.8. The van der Waals surface area contributed by atoms with Gasteiger partial charge in [-0.1, -0.05) is 0 Å². The van der Waals surface area contributed by atoms with E-state index in [-0.39, 0.29) is 41.8 Å². The summed E-state index contributed by atoms with van der Waals surface area (Å²) in [5.41, 5.74) is -1.06. The van der Waals surface area contributed by atoms with Gasteiger partial charge in [-0.05, 0) is 61.8 Å². The number of ether oxygens (including phenoxy) is 3. The second-order valence-corrected chi connectivity index (χ2v) is 8.95. The highest BCUT2D eigenvalue weighted by Gasteiger charge is 2.21. The summed E-state index contributed by atoms with van der Waals surface area (Å²) in [6.07, 6.45) is 0.662. The van der Waals surface area contributed by atoms with Gasteiger partial charge in [0.2, 0.25) is 11.8 Å². The van der Waals surface area contributed by atoms with Gasteiger partial charge in [0.05, 0.1) is 17.8 Å². The van der Waals surface area contributed by atoms with Crippen molar-refractivity contribution in [1.82, 2.24) is 10.6 Å². The summed E-state index contributed by atoms with van der Waals surface area (Å²) in [5, 5.41) is 5.68. The number of hydrogen-bond acceptors (Lipinski definition) is 5. The minimum Gasteiger partial charge on any atom is -0.380 e. The Balaban J connectivity index is 3.81. The zero-order valence-corrected chi connectivity index (χ0v) is 17.8. The molecular formula is C19H38N2O5. The Kier molecular flexibility index (Phi) is 10.4. The number of carbonyl (C=O) groups excluding carboxylic acids is 2. The van der Waals surface area contributed by atoms with Crippen molar-refractivity contribution >= 4 is 11.8 Å². The lowest BCUT2D eigenvalue weighted by Gasteiger charge is -2.27. The third-order valence-electron chi connectivity index (χ3n) is 3.19. The Labute approximate surface area is 158 Å². The van der Waals surface area contributed by atoms with E-state index in [0.29, 0.717) is 26.2 Å². The first-order valence-corrected chi connectivity index (χ1v) is 9.14. The first-order chi connectivity index (χ1) is 11.7. The third-order valence-corrected chi connectivity index (χ3v) is 3.19. The molecule has 7 heteroatoms. The van der Waals surface area contributed by atoms with Gasteiger partial charge in [0, 0.05) is 18.7 Å². The summed E-state index contributed by atoms with van der Waals surface area (Å²) in [4.78, 5) is 23.5. The van der Waals surface area contributed by atoms with E-state index < -0.39 is 0 Å². The van der Waals surface area contributed by atoms with Crippen molar-refractivity contribution in [2.24, 2.45) is 0 Å². The molecule has 2 amide bonds. The van der Waals surface area contributed by atoms with Gasteiger partial charge in [0.1, 0.15) is 13.2 Å². The van der Waals surface area contributed by atoms with Gasteiger partial charge in [0.15, 0.2) is 0 Å². The third kappa shape index (κ3) is 16.3. The van der Waals surface area contributed by atoms with Crippen LogP contribution in [0.25, 0.3) is 0 Å². The fourth-order valence-electron chi connectivity index (χ4n) is 1.78. The summed E-state index contributed by atoms with van der Waals surface area (Å²) < 4.78 is 16.4. The van der Waals surface area contributed by atoms with E-state index in [1.54, 1.807) is 0 Å². The minimum atomic E-state index is -0.387. The van der Waals surface area contributed by atoms with Crippen molar-refractivity contribution in [3.63, 3.8) is 0 Å². The van der Waals surface area contributed by atoms with Gasteiger partial charge in [-0.15, -0.1) is 0 Å². The van der Waals surface area contributed by atoms with Gasteiger partial charge < -0.3 is 24.8 Å². The molecule has 0 radical (unpaired) electrons. The predicted molar refractivity (Wildman–Crippen MR) is 102 cm³/mol. The standard InChI is InChI=1S/C19H38N2O5/c1-17(2,3)25-13-15(22)20-10-12-24-11-9-19(7,8)21-16(23)14-26-18(4,5)6/h9-14H2,1-8H3,(H,20,22)(H,21,23). The average molecular weight is 375 g/mol. The molecule has 0 saturated carbocycles. The summed E-state index contributed by atoms with van der Waals surface area (Å²) in [6, 6.07) is 0. The lowest BCUT2D eigenvalue weighted by molar-refractivity contribution is -0.132. The number of nitrogens with one attached hydrogen (secondary N) is 2. The summed E-state index contributed by atoms with van der Waals surface area (Å²) >= 11 is 0. The highest BCUT2D eigenvalue weighted by molar-refractivity contribution is 5.78. The van der Waals surface area contributed by atoms with Gasteiger partial charge >= 0.3 is 0 Å². The Morgan fingerprint density at radius 3 is 1.77 bits per heavy atom. The highest BCUT2D eigenvalue weighted by Crippen LogP contribution is 2.10. The fourth-order valence-corrected chi connectivity index (χ4v) is 1.78. The quantitative estimate of drug-likeness (QED) is 0.541. The first-order valence-electron chi connectivity index (χ1n) is 9.14. The normalized spacial score (nSPS) is 12.8. The van der Waals surface area contributed by atoms with Crippen molar-refractivity contribution in [3.8, 4) is 0 Å². The molecular weight excluding hydrogens is 336 g/mol. The van der Waals surface area contributed by atoms with E-state index in [1.807, 2.05) is 55.4 Å². The molecule has 0 bridgehead atoms. The van der Waals surface area contributed by atoms with Crippen LogP contribution in [-0.4, -0.2) is 61.5 Å². The van der Waals surface area contributed by atoms with Crippen molar-refractivity contribution in [1.29, 1.82) is 0 Å². The molecule has 0 aromatic rings. The predicted octanol–water partition coefficient (Wildman–Crippen LogP) is 2.03. The van der Waals surface area contributed by atoms with Crippen LogP contribution < -0.4 is 10.6 Å². The van der Waals surface area contributed by atoms with Crippen LogP contribution in [0.1, 0.15) is 61.8 Å². The molecule has 0 aliphatic rings. The minimum absolute atomic E-state index is 0.0382. The maximum Gasteiger partial charge on any atom is 0.246 e. The molecule has 0 spiro atoms. The molecule has 0 rings (SSSR count). The van der Waals surface area contributed by atoms with Crippen LogP contribution in [0.2, 0.25) is 0 Å². The average Bonchev–Trinajstić information content (AvgIpc) is 2.44. The molecule has 154 valence electrons. The van der Waals surface area contributed by atoms with Crippen molar-refractivity contribution < 1.29 is 23.8 Å². The van der Waals surface area contributed by atoms with Crippen LogP contribution >= 0.6 is 0 Å². The van der Waals surface area contributed by atoms with Crippen LogP contribution in [0, 0.1) is 0 Å². The zero-order chi connectivity index (χ0) is 20.4. The Bertz CT molecular complexity index is 436. The zero-order valence-electron chi connectivity index (χ0n) is 17.8. The lowest BCUT2D eigenvalue weighted by atomic mass is 10.0. The van der Waals surface area contributed by atoms with Crippen molar-refractivity contribution in [2.45, 2.75) is 78.6 Å². The molecule has 0 fully saturated rings. The molecule has 0 aliphatic heterocycles. The SMILES string of the molecule is CC(C)(CCOCCNC(=O)COC(C)(C)C)NC(=O)COC(C)(C)C. The van der Waals surface area contributed by atoms with Crippen LogP contribution in [0.4, 0.5) is 0 Å². The van der Waals surface area contributed by atoms with Crippen LogP contribution in [0.15, 0.2) is 0 Å². The van der Waals surface area contributed by atoms with E-state index in [1.165, 1.54) is 0 Å². The maximum atomic E-state index is 11.9. The largest absolute Gasteiger partial charge is 0.380 e. The molecule has 7 nitrogen and oxygen atoms in total. The van der Waals surface area contributed by atoms with Crippen molar-refractivity contribution in [3.05, 3.63) is 0 Å². The van der Waals surface area contributed by atoms with Crippen LogP contribution in [0.5, 0.6) is 0 Å². The molecule has 26 heavy (non-hydrogen) atoms. The Hall–Kier alpha value is -1.18.